The van der Waals surface area contributed by atoms with Crippen LogP contribution in [0.25, 0.3) is 0 Å². The zero-order valence-electron chi connectivity index (χ0n) is 11.9. The smallest absolute Gasteiger partial charge is 0.239 e. The van der Waals surface area contributed by atoms with E-state index < -0.39 is 0 Å². The predicted molar refractivity (Wildman–Crippen MR) is 89.0 cm³/mol. The highest BCUT2D eigenvalue weighted by atomic mass is 79.9. The second kappa shape index (κ2) is 5.93. The first kappa shape index (κ1) is 14.2. The fourth-order valence-corrected chi connectivity index (χ4v) is 2.50. The van der Waals surface area contributed by atoms with Crippen LogP contribution in [0.5, 0.6) is 5.88 Å². The monoisotopic (exact) mass is 347 g/mol. The second-order valence-corrected chi connectivity index (χ2v) is 6.35. The predicted octanol–water partition coefficient (Wildman–Crippen LogP) is 4.27. The highest BCUT2D eigenvalue weighted by Gasteiger charge is 2.22. The Morgan fingerprint density at radius 1 is 1.33 bits per heavy atom. The van der Waals surface area contributed by atoms with Crippen LogP contribution in [0.3, 0.4) is 0 Å². The van der Waals surface area contributed by atoms with E-state index in [1.807, 2.05) is 24.3 Å². The van der Waals surface area contributed by atoms with E-state index in [0.717, 1.165) is 21.5 Å². The number of nitrogens with two attached hydrogens (primary N) is 1. The van der Waals surface area contributed by atoms with E-state index >= 15 is 0 Å². The molecule has 1 fully saturated rings. The van der Waals surface area contributed by atoms with Gasteiger partial charge in [-0.05, 0) is 61.6 Å². The molecule has 0 unspecified atom stereocenters. The van der Waals surface area contributed by atoms with Crippen LogP contribution in [0.2, 0.25) is 0 Å². The average Bonchev–Trinajstić information content (AvgIpc) is 3.26. The average molecular weight is 348 g/mol. The van der Waals surface area contributed by atoms with E-state index in [-0.39, 0.29) is 0 Å². The van der Waals surface area contributed by atoms with Crippen LogP contribution in [-0.4, -0.2) is 11.6 Å². The molecule has 1 aliphatic rings. The number of hydrogen-bond donors (Lipinski definition) is 2. The summed E-state index contributed by atoms with van der Waals surface area (Å²) in [6.07, 6.45) is 2.49. The lowest BCUT2D eigenvalue weighted by atomic mass is 10.2. The minimum atomic E-state index is 0.515. The zero-order valence-corrected chi connectivity index (χ0v) is 13.5. The van der Waals surface area contributed by atoms with E-state index in [1.54, 1.807) is 0 Å². The summed E-state index contributed by atoms with van der Waals surface area (Å²) in [5, 5.41) is 3.30. The van der Waals surface area contributed by atoms with Gasteiger partial charge in [-0.2, -0.15) is 4.98 Å². The molecule has 2 aromatic rings. The quantitative estimate of drug-likeness (QED) is 0.847. The van der Waals surface area contributed by atoms with E-state index in [2.05, 4.69) is 39.2 Å². The molecular formula is C16H18BrN3O. The number of pyridine rings is 1. The van der Waals surface area contributed by atoms with Crippen LogP contribution in [-0.2, 0) is 0 Å². The lowest BCUT2D eigenvalue weighted by molar-refractivity contribution is 0.290. The molecule has 5 heteroatoms. The third-order valence-electron chi connectivity index (χ3n) is 3.49. The third-order valence-corrected chi connectivity index (χ3v) is 3.99. The van der Waals surface area contributed by atoms with Crippen molar-refractivity contribution in [1.29, 1.82) is 0 Å². The molecule has 3 rings (SSSR count). The largest absolute Gasteiger partial charge is 0.476 e. The molecule has 3 N–H and O–H groups in total. The summed E-state index contributed by atoms with van der Waals surface area (Å²) in [5.41, 5.74) is 8.65. The first-order chi connectivity index (χ1) is 10.1. The summed E-state index contributed by atoms with van der Waals surface area (Å²) in [5.74, 6) is 1.93. The van der Waals surface area contributed by atoms with Gasteiger partial charge < -0.3 is 15.8 Å². The molecular weight excluding hydrogens is 330 g/mol. The topological polar surface area (TPSA) is 60.2 Å². The molecule has 1 aliphatic carbocycles. The van der Waals surface area contributed by atoms with Crippen LogP contribution in [0.1, 0.15) is 18.4 Å². The van der Waals surface area contributed by atoms with Gasteiger partial charge >= 0.3 is 0 Å². The third kappa shape index (κ3) is 3.67. The molecule has 0 aliphatic heterocycles. The van der Waals surface area contributed by atoms with Gasteiger partial charge in [0.2, 0.25) is 5.88 Å². The molecule has 21 heavy (non-hydrogen) atoms. The Labute approximate surface area is 132 Å². The van der Waals surface area contributed by atoms with Gasteiger partial charge in [0.1, 0.15) is 5.82 Å². The van der Waals surface area contributed by atoms with Crippen molar-refractivity contribution in [2.24, 2.45) is 5.92 Å². The van der Waals surface area contributed by atoms with Gasteiger partial charge in [0, 0.05) is 10.2 Å². The van der Waals surface area contributed by atoms with Crippen molar-refractivity contribution in [2.45, 2.75) is 19.8 Å². The molecule has 1 saturated carbocycles. The Morgan fingerprint density at radius 3 is 2.86 bits per heavy atom. The second-order valence-electron chi connectivity index (χ2n) is 5.43. The highest BCUT2D eigenvalue weighted by molar-refractivity contribution is 9.10. The molecule has 0 bridgehead atoms. The van der Waals surface area contributed by atoms with Gasteiger partial charge in [-0.25, -0.2) is 0 Å². The Balaban J connectivity index is 1.76. The molecule has 4 nitrogen and oxygen atoms in total. The molecule has 1 aromatic heterocycles. The van der Waals surface area contributed by atoms with Crippen molar-refractivity contribution in [3.05, 3.63) is 40.4 Å². The summed E-state index contributed by atoms with van der Waals surface area (Å²) in [6, 6.07) is 9.76. The standard InChI is InChI=1S/C16H18BrN3O/c1-10-8-12(17)4-6-14(10)19-15-7-5-13(18)16(20-15)21-9-11-2-3-11/h4-8,11H,2-3,9,18H2,1H3,(H,19,20). The van der Waals surface area contributed by atoms with Gasteiger partial charge in [-0.3, -0.25) is 0 Å². The number of anilines is 3. The fourth-order valence-electron chi connectivity index (χ4n) is 2.02. The summed E-state index contributed by atoms with van der Waals surface area (Å²) in [6.45, 7) is 2.76. The summed E-state index contributed by atoms with van der Waals surface area (Å²) in [7, 11) is 0. The van der Waals surface area contributed by atoms with E-state index in [9.17, 15) is 0 Å². The van der Waals surface area contributed by atoms with Crippen LogP contribution >= 0.6 is 15.9 Å². The summed E-state index contributed by atoms with van der Waals surface area (Å²) < 4.78 is 6.76. The maximum absolute atomic E-state index is 5.92. The number of nitrogens with one attached hydrogen (secondary N) is 1. The molecule has 0 amide bonds. The number of halogens is 1. The van der Waals surface area contributed by atoms with Gasteiger partial charge in [-0.15, -0.1) is 0 Å². The van der Waals surface area contributed by atoms with Gasteiger partial charge in [0.05, 0.1) is 12.3 Å². The molecule has 0 saturated heterocycles. The molecule has 1 heterocycles. The zero-order chi connectivity index (χ0) is 14.8. The Kier molecular flexibility index (Phi) is 4.01. The van der Waals surface area contributed by atoms with E-state index in [4.69, 9.17) is 10.5 Å². The van der Waals surface area contributed by atoms with Crippen molar-refractivity contribution in [3.8, 4) is 5.88 Å². The van der Waals surface area contributed by atoms with Crippen molar-refractivity contribution >= 4 is 33.1 Å². The first-order valence-corrected chi connectivity index (χ1v) is 7.83. The minimum Gasteiger partial charge on any atom is -0.476 e. The van der Waals surface area contributed by atoms with Crippen LogP contribution in [0.15, 0.2) is 34.8 Å². The number of nitrogen functional groups attached to an aromatic ring is 1. The van der Waals surface area contributed by atoms with E-state index in [1.165, 1.54) is 12.8 Å². The van der Waals surface area contributed by atoms with E-state index in [0.29, 0.717) is 24.1 Å². The van der Waals surface area contributed by atoms with Crippen LogP contribution in [0.4, 0.5) is 17.2 Å². The van der Waals surface area contributed by atoms with Gasteiger partial charge in [-0.1, -0.05) is 15.9 Å². The van der Waals surface area contributed by atoms with Crippen LogP contribution in [0, 0.1) is 12.8 Å². The van der Waals surface area contributed by atoms with Crippen molar-refractivity contribution in [2.75, 3.05) is 17.7 Å². The minimum absolute atomic E-state index is 0.515. The summed E-state index contributed by atoms with van der Waals surface area (Å²) in [4.78, 5) is 4.46. The SMILES string of the molecule is Cc1cc(Br)ccc1Nc1ccc(N)c(OCC2CC2)n1. The number of aryl methyl sites for hydroxylation is 1. The van der Waals surface area contributed by atoms with Crippen molar-refractivity contribution < 1.29 is 4.74 Å². The number of rotatable bonds is 5. The number of hydrogen-bond acceptors (Lipinski definition) is 4. The fraction of sp³-hybridized carbons (Fsp3) is 0.312. The molecule has 0 radical (unpaired) electrons. The normalized spacial score (nSPS) is 14.0. The molecule has 0 spiro atoms. The summed E-state index contributed by atoms with van der Waals surface area (Å²) >= 11 is 3.46. The molecule has 1 aromatic carbocycles. The first-order valence-electron chi connectivity index (χ1n) is 7.04. The maximum atomic E-state index is 5.92. The number of ether oxygens (including phenoxy) is 1. The maximum Gasteiger partial charge on any atom is 0.239 e. The molecule has 110 valence electrons. The van der Waals surface area contributed by atoms with Crippen LogP contribution < -0.4 is 15.8 Å². The van der Waals surface area contributed by atoms with Crippen molar-refractivity contribution in [1.82, 2.24) is 4.98 Å². The number of aromatic nitrogens is 1. The lowest BCUT2D eigenvalue weighted by Crippen LogP contribution is -2.05. The molecule has 0 atom stereocenters. The number of nitrogens with zero attached hydrogens (tertiary/aromatic N) is 1. The van der Waals surface area contributed by atoms with Gasteiger partial charge in [0.25, 0.3) is 0 Å². The Morgan fingerprint density at radius 2 is 2.14 bits per heavy atom. The highest BCUT2D eigenvalue weighted by Crippen LogP contribution is 2.31. The van der Waals surface area contributed by atoms with Crippen molar-refractivity contribution in [3.63, 3.8) is 0 Å². The number of benzene rings is 1. The Hall–Kier alpha value is -1.75. The Bertz CT molecular complexity index is 656. The van der Waals surface area contributed by atoms with Gasteiger partial charge in [0.15, 0.2) is 0 Å². The lowest BCUT2D eigenvalue weighted by Gasteiger charge is -2.12.